The first kappa shape index (κ1) is 10.4. The first-order valence-electron chi connectivity index (χ1n) is 3.77. The minimum atomic E-state index is -1.86. The molecule has 0 bridgehead atoms. The molecule has 0 saturated heterocycles. The fourth-order valence-corrected chi connectivity index (χ4v) is 0.881. The van der Waals surface area contributed by atoms with Crippen LogP contribution in [-0.4, -0.2) is 23.4 Å². The van der Waals surface area contributed by atoms with Gasteiger partial charge in [0.15, 0.2) is 0 Å². The lowest BCUT2D eigenvalue weighted by molar-refractivity contribution is 0.259. The van der Waals surface area contributed by atoms with E-state index in [1.54, 1.807) is 0 Å². The normalized spacial score (nSPS) is 9.29. The Balaban J connectivity index is 2.63. The largest absolute Gasteiger partial charge is 0.707 e. The van der Waals surface area contributed by atoms with E-state index in [2.05, 4.69) is 9.97 Å². The highest BCUT2D eigenvalue weighted by Crippen LogP contribution is 2.15. The molecule has 0 saturated carbocycles. The molecule has 0 unspecified atom stereocenters. The number of benzene rings is 1. The summed E-state index contributed by atoms with van der Waals surface area (Å²) in [5.74, 6) is 0.273. The van der Waals surface area contributed by atoms with E-state index in [1.165, 1.54) is 24.3 Å². The zero-order valence-corrected chi connectivity index (χ0v) is 7.18. The van der Waals surface area contributed by atoms with Gasteiger partial charge in [0.2, 0.25) is 0 Å². The molecule has 1 aromatic carbocycles. The number of carbonyl (C=O) groups is 1. The topological polar surface area (TPSA) is 105 Å². The summed E-state index contributed by atoms with van der Waals surface area (Å²) >= 11 is 0. The van der Waals surface area contributed by atoms with Gasteiger partial charge in [0.25, 0.3) is 0 Å². The van der Waals surface area contributed by atoms with Gasteiger partial charge < -0.3 is 25.8 Å². The van der Waals surface area contributed by atoms with Gasteiger partial charge in [0.05, 0.1) is 0 Å². The van der Waals surface area contributed by atoms with E-state index in [0.717, 1.165) is 0 Å². The molecule has 0 aromatic heterocycles. The van der Waals surface area contributed by atoms with Crippen molar-refractivity contribution in [3.8, 4) is 5.75 Å². The van der Waals surface area contributed by atoms with Crippen LogP contribution in [0, 0.1) is 0 Å². The van der Waals surface area contributed by atoms with Crippen molar-refractivity contribution in [2.24, 2.45) is 5.73 Å². The summed E-state index contributed by atoms with van der Waals surface area (Å²) in [6.07, 6.45) is 0. The second kappa shape index (κ2) is 4.49. The first-order valence-corrected chi connectivity index (χ1v) is 3.77. The quantitative estimate of drug-likeness (QED) is 0.490. The zero-order chi connectivity index (χ0) is 10.6. The van der Waals surface area contributed by atoms with Crippen LogP contribution in [0.1, 0.15) is 0 Å². The van der Waals surface area contributed by atoms with Crippen molar-refractivity contribution in [1.82, 2.24) is 0 Å². The fraction of sp³-hybridized carbons (Fsp3) is 0. The van der Waals surface area contributed by atoms with Crippen LogP contribution in [0.15, 0.2) is 24.3 Å². The Labute approximate surface area is 80.5 Å². The molecule has 1 aromatic rings. The molecule has 0 fully saturated rings. The third kappa shape index (κ3) is 3.34. The Kier molecular flexibility index (Phi) is 3.32. The maximum Gasteiger partial charge on any atom is 0.707 e. The van der Waals surface area contributed by atoms with Gasteiger partial charge in [0.1, 0.15) is 5.75 Å². The Morgan fingerprint density at radius 2 is 1.93 bits per heavy atom. The molecule has 6 nitrogen and oxygen atoms in total. The minimum absolute atomic E-state index is 0.273. The van der Waals surface area contributed by atoms with Gasteiger partial charge in [0, 0.05) is 5.69 Å². The Bertz CT molecular complexity index is 314. The fourth-order valence-electron chi connectivity index (χ4n) is 0.881. The van der Waals surface area contributed by atoms with Crippen molar-refractivity contribution in [3.05, 3.63) is 24.3 Å². The maximum atomic E-state index is 10.4. The van der Waals surface area contributed by atoms with Gasteiger partial charge in [-0.3, -0.25) is 0 Å². The van der Waals surface area contributed by atoms with E-state index in [0.29, 0.717) is 5.69 Å². The average Bonchev–Trinajstić information content (AvgIpc) is 2.06. The molecule has 5 N–H and O–H groups in total. The summed E-state index contributed by atoms with van der Waals surface area (Å²) in [4.78, 5) is 10.4. The van der Waals surface area contributed by atoms with Crippen molar-refractivity contribution in [1.29, 1.82) is 0 Å². The SMILES string of the molecule is NC(=O)Nc1ccc(OB(O)O)cc1. The number of nitrogens with one attached hydrogen (secondary N) is 1. The van der Waals surface area contributed by atoms with Crippen LogP contribution >= 0.6 is 0 Å². The van der Waals surface area contributed by atoms with Crippen LogP contribution in [0.3, 0.4) is 0 Å². The van der Waals surface area contributed by atoms with Crippen LogP contribution in [0.4, 0.5) is 10.5 Å². The van der Waals surface area contributed by atoms with Crippen molar-refractivity contribution in [2.75, 3.05) is 5.32 Å². The van der Waals surface area contributed by atoms with Crippen LogP contribution in [0.5, 0.6) is 5.75 Å². The smallest absolute Gasteiger partial charge is 0.512 e. The monoisotopic (exact) mass is 196 g/mol. The molecule has 1 rings (SSSR count). The molecular weight excluding hydrogens is 187 g/mol. The summed E-state index contributed by atoms with van der Waals surface area (Å²) in [5.41, 5.74) is 5.38. The summed E-state index contributed by atoms with van der Waals surface area (Å²) in [6.45, 7) is 0. The molecule has 7 heteroatoms. The van der Waals surface area contributed by atoms with Gasteiger partial charge in [-0.1, -0.05) is 0 Å². The molecule has 74 valence electrons. The van der Waals surface area contributed by atoms with E-state index in [1.807, 2.05) is 0 Å². The van der Waals surface area contributed by atoms with E-state index in [4.69, 9.17) is 15.8 Å². The molecule has 0 heterocycles. The third-order valence-corrected chi connectivity index (χ3v) is 1.36. The second-order valence-corrected chi connectivity index (χ2v) is 2.46. The lowest BCUT2D eigenvalue weighted by atomic mass is 10.2. The number of amides is 2. The predicted molar refractivity (Wildman–Crippen MR) is 50.5 cm³/mol. The number of hydrogen-bond acceptors (Lipinski definition) is 4. The second-order valence-electron chi connectivity index (χ2n) is 2.46. The van der Waals surface area contributed by atoms with E-state index < -0.39 is 13.4 Å². The molecule has 2 amide bonds. The molecule has 0 atom stereocenters. The van der Waals surface area contributed by atoms with Crippen molar-refractivity contribution >= 4 is 19.0 Å². The summed E-state index contributed by atoms with van der Waals surface area (Å²) in [6, 6.07) is 5.29. The molecule has 0 aliphatic heterocycles. The van der Waals surface area contributed by atoms with Gasteiger partial charge >= 0.3 is 13.4 Å². The Morgan fingerprint density at radius 1 is 1.36 bits per heavy atom. The first-order chi connectivity index (χ1) is 6.58. The third-order valence-electron chi connectivity index (χ3n) is 1.36. The van der Waals surface area contributed by atoms with Crippen LogP contribution in [-0.2, 0) is 0 Å². The van der Waals surface area contributed by atoms with Gasteiger partial charge in [-0.15, -0.1) is 0 Å². The van der Waals surface area contributed by atoms with E-state index >= 15 is 0 Å². The molecule has 0 spiro atoms. The number of urea groups is 1. The van der Waals surface area contributed by atoms with E-state index in [9.17, 15) is 4.79 Å². The molecule has 0 aliphatic carbocycles. The highest BCUT2D eigenvalue weighted by molar-refractivity contribution is 6.33. The van der Waals surface area contributed by atoms with Crippen molar-refractivity contribution in [2.45, 2.75) is 0 Å². The lowest BCUT2D eigenvalue weighted by Crippen LogP contribution is -2.21. The predicted octanol–water partition coefficient (Wildman–Crippen LogP) is -0.475. The number of primary amides is 1. The van der Waals surface area contributed by atoms with Crippen LogP contribution in [0.25, 0.3) is 0 Å². The van der Waals surface area contributed by atoms with Gasteiger partial charge in [-0.05, 0) is 24.3 Å². The zero-order valence-electron chi connectivity index (χ0n) is 7.18. The Hall–Kier alpha value is -1.73. The minimum Gasteiger partial charge on any atom is -0.512 e. The molecule has 0 aliphatic rings. The summed E-state index contributed by atoms with van der Waals surface area (Å²) in [7, 11) is -1.86. The standard InChI is InChI=1S/C7H9BN2O4/c9-7(11)10-5-1-3-6(4-2-5)14-8(12)13/h1-4,12-13H,(H3,9,10,11). The Morgan fingerprint density at radius 3 is 2.36 bits per heavy atom. The molecule has 0 radical (unpaired) electrons. The van der Waals surface area contributed by atoms with Crippen molar-refractivity contribution in [3.63, 3.8) is 0 Å². The van der Waals surface area contributed by atoms with Crippen LogP contribution < -0.4 is 15.7 Å². The van der Waals surface area contributed by atoms with Gasteiger partial charge in [-0.2, -0.15) is 0 Å². The van der Waals surface area contributed by atoms with E-state index in [-0.39, 0.29) is 5.75 Å². The maximum absolute atomic E-state index is 10.4. The van der Waals surface area contributed by atoms with Gasteiger partial charge in [-0.25, -0.2) is 4.79 Å². The molecule has 14 heavy (non-hydrogen) atoms. The number of nitrogens with two attached hydrogens (primary N) is 1. The number of hydrogen-bond donors (Lipinski definition) is 4. The molecular formula is C7H9BN2O4. The highest BCUT2D eigenvalue weighted by Gasteiger charge is 2.10. The lowest BCUT2D eigenvalue weighted by Gasteiger charge is -2.05. The summed E-state index contributed by atoms with van der Waals surface area (Å²) in [5, 5.41) is 19.3. The number of carbonyl (C=O) groups excluding carboxylic acids is 1. The number of anilines is 1. The average molecular weight is 196 g/mol. The highest BCUT2D eigenvalue weighted by atomic mass is 16.6. The number of rotatable bonds is 3. The van der Waals surface area contributed by atoms with Crippen LogP contribution in [0.2, 0.25) is 0 Å². The van der Waals surface area contributed by atoms with Crippen molar-refractivity contribution < 1.29 is 19.5 Å². The summed E-state index contributed by atoms with van der Waals surface area (Å²) < 4.78 is 4.54.